The van der Waals surface area contributed by atoms with E-state index in [1.165, 1.54) is 0 Å². The van der Waals surface area contributed by atoms with Gasteiger partial charge in [0, 0.05) is 30.1 Å². The number of rotatable bonds is 6. The Balaban J connectivity index is 1.58. The van der Waals surface area contributed by atoms with Gasteiger partial charge < -0.3 is 19.0 Å². The third kappa shape index (κ3) is 2.82. The monoisotopic (exact) mass is 450 g/mol. The molecular formula is C25H35ClO5. The Hall–Kier alpha value is -0.880. The number of aliphatic hydroxyl groups is 1. The lowest BCUT2D eigenvalue weighted by molar-refractivity contribution is -0.367. The summed E-state index contributed by atoms with van der Waals surface area (Å²) < 4.78 is 19.2. The first-order valence-corrected chi connectivity index (χ1v) is 12.3. The van der Waals surface area contributed by atoms with Crippen LogP contribution in [0.15, 0.2) is 16.7 Å². The van der Waals surface area contributed by atoms with Crippen molar-refractivity contribution in [3.8, 4) is 0 Å². The summed E-state index contributed by atoms with van der Waals surface area (Å²) >= 11 is 6.32. The van der Waals surface area contributed by atoms with Crippen molar-refractivity contribution >= 4 is 17.4 Å². The SMILES string of the molecule is Cc1ccoc1CC[C@]1(C)O[C@@]2(CCC(C)Cl)O[C@H]3C[C@H](C)[C@H]4C(=O)[C@@H]1[C@]2(O)[C@H](C)[C@H]43. The third-order valence-electron chi connectivity index (χ3n) is 9.03. The normalized spacial score (nSPS) is 48.9. The van der Waals surface area contributed by atoms with E-state index < -0.39 is 22.9 Å². The largest absolute Gasteiger partial charge is 0.469 e. The lowest BCUT2D eigenvalue weighted by atomic mass is 9.52. The molecule has 2 aliphatic heterocycles. The van der Waals surface area contributed by atoms with Crippen LogP contribution in [0.25, 0.3) is 0 Å². The van der Waals surface area contributed by atoms with E-state index in [-0.39, 0.29) is 40.9 Å². The van der Waals surface area contributed by atoms with Gasteiger partial charge in [0.2, 0.25) is 0 Å². The summed E-state index contributed by atoms with van der Waals surface area (Å²) in [5.41, 5.74) is -1.08. The zero-order valence-electron chi connectivity index (χ0n) is 19.2. The molecule has 2 aliphatic carbocycles. The van der Waals surface area contributed by atoms with Gasteiger partial charge in [0.1, 0.15) is 17.1 Å². The number of carbonyl (C=O) groups excluding carboxylic acids is 1. The molecule has 1 aromatic heterocycles. The van der Waals surface area contributed by atoms with Crippen molar-refractivity contribution in [3.63, 3.8) is 0 Å². The zero-order valence-corrected chi connectivity index (χ0v) is 19.9. The van der Waals surface area contributed by atoms with Gasteiger partial charge in [-0.25, -0.2) is 0 Å². The van der Waals surface area contributed by atoms with Gasteiger partial charge in [0.25, 0.3) is 0 Å². The molecule has 1 unspecified atom stereocenters. The zero-order chi connectivity index (χ0) is 22.3. The van der Waals surface area contributed by atoms with E-state index >= 15 is 0 Å². The summed E-state index contributed by atoms with van der Waals surface area (Å²) in [6.45, 7) is 10.2. The lowest BCUT2D eigenvalue weighted by Gasteiger charge is -2.58. The van der Waals surface area contributed by atoms with Crippen LogP contribution in [0.5, 0.6) is 0 Å². The smallest absolute Gasteiger partial charge is 0.199 e. The number of carbonyl (C=O) groups is 1. The Morgan fingerprint density at radius 3 is 2.71 bits per heavy atom. The Morgan fingerprint density at radius 1 is 1.32 bits per heavy atom. The molecule has 10 atom stereocenters. The summed E-state index contributed by atoms with van der Waals surface area (Å²) in [7, 11) is 0. The van der Waals surface area contributed by atoms with Crippen molar-refractivity contribution in [1.82, 2.24) is 0 Å². The highest BCUT2D eigenvalue weighted by Crippen LogP contribution is 2.69. The van der Waals surface area contributed by atoms with Crippen LogP contribution >= 0.6 is 11.6 Å². The van der Waals surface area contributed by atoms with E-state index in [2.05, 4.69) is 13.8 Å². The highest BCUT2D eigenvalue weighted by atomic mass is 35.5. The molecule has 3 heterocycles. The summed E-state index contributed by atoms with van der Waals surface area (Å²) in [5.74, 6) is -0.553. The van der Waals surface area contributed by atoms with E-state index in [1.807, 2.05) is 26.8 Å². The number of furan rings is 1. The first kappa shape index (κ1) is 21.9. The van der Waals surface area contributed by atoms with Crippen molar-refractivity contribution in [2.75, 3.05) is 0 Å². The van der Waals surface area contributed by atoms with E-state index in [0.29, 0.717) is 25.7 Å². The van der Waals surface area contributed by atoms with E-state index in [1.54, 1.807) is 6.26 Å². The Bertz CT molecular complexity index is 881. The second-order valence-corrected chi connectivity index (χ2v) is 11.7. The summed E-state index contributed by atoms with van der Waals surface area (Å²) in [5, 5.41) is 12.3. The van der Waals surface area contributed by atoms with Crippen molar-refractivity contribution < 1.29 is 23.8 Å². The Labute approximate surface area is 189 Å². The molecule has 1 N–H and O–H groups in total. The predicted octanol–water partition coefficient (Wildman–Crippen LogP) is 4.65. The number of hydrogen-bond acceptors (Lipinski definition) is 5. The topological polar surface area (TPSA) is 68.9 Å². The van der Waals surface area contributed by atoms with Crippen molar-refractivity contribution in [3.05, 3.63) is 23.7 Å². The average Bonchev–Trinajstić information content (AvgIpc) is 3.30. The minimum Gasteiger partial charge on any atom is -0.469 e. The second-order valence-electron chi connectivity index (χ2n) is 10.9. The van der Waals surface area contributed by atoms with Gasteiger partial charge in [-0.2, -0.15) is 0 Å². The van der Waals surface area contributed by atoms with Gasteiger partial charge >= 0.3 is 0 Å². The van der Waals surface area contributed by atoms with Crippen LogP contribution in [-0.4, -0.2) is 39.4 Å². The van der Waals surface area contributed by atoms with E-state index in [0.717, 1.165) is 17.7 Å². The molecule has 4 aliphatic rings. The summed E-state index contributed by atoms with van der Waals surface area (Å²) in [4.78, 5) is 14.0. The third-order valence-corrected chi connectivity index (χ3v) is 9.25. The fraction of sp³-hybridized carbons (Fsp3) is 0.800. The molecule has 5 nitrogen and oxygen atoms in total. The van der Waals surface area contributed by atoms with Crippen LogP contribution in [0.2, 0.25) is 0 Å². The van der Waals surface area contributed by atoms with E-state index in [4.69, 9.17) is 25.5 Å². The highest BCUT2D eigenvalue weighted by Gasteiger charge is 2.81. The molecule has 0 radical (unpaired) electrons. The van der Waals surface area contributed by atoms with Gasteiger partial charge in [0.15, 0.2) is 5.79 Å². The van der Waals surface area contributed by atoms with Gasteiger partial charge in [-0.3, -0.25) is 4.79 Å². The molecule has 2 saturated heterocycles. The summed E-state index contributed by atoms with van der Waals surface area (Å²) in [6.07, 6.45) is 4.87. The van der Waals surface area contributed by atoms with Crippen LogP contribution in [0.3, 0.4) is 0 Å². The molecule has 2 saturated carbocycles. The quantitative estimate of drug-likeness (QED) is 0.639. The van der Waals surface area contributed by atoms with Crippen molar-refractivity contribution in [2.24, 2.45) is 29.6 Å². The van der Waals surface area contributed by atoms with Crippen molar-refractivity contribution in [2.45, 2.75) is 95.2 Å². The number of hydrogen-bond donors (Lipinski definition) is 1. The molecule has 0 aromatic carbocycles. The minimum absolute atomic E-state index is 0.0551. The number of aryl methyl sites for hydroxylation is 2. The maximum atomic E-state index is 14.0. The number of alkyl halides is 1. The summed E-state index contributed by atoms with van der Waals surface area (Å²) in [6, 6.07) is 1.95. The number of ether oxygens (including phenoxy) is 2. The number of halogens is 1. The molecule has 2 bridgehead atoms. The van der Waals surface area contributed by atoms with Crippen LogP contribution in [0.1, 0.15) is 64.7 Å². The van der Waals surface area contributed by atoms with Crippen LogP contribution < -0.4 is 0 Å². The Kier molecular flexibility index (Phi) is 4.99. The molecule has 31 heavy (non-hydrogen) atoms. The average molecular weight is 451 g/mol. The molecule has 0 spiro atoms. The molecule has 5 rings (SSSR count). The number of ketones is 1. The fourth-order valence-corrected chi connectivity index (χ4v) is 7.72. The molecular weight excluding hydrogens is 416 g/mol. The van der Waals surface area contributed by atoms with Crippen molar-refractivity contribution in [1.29, 1.82) is 0 Å². The maximum absolute atomic E-state index is 14.0. The van der Waals surface area contributed by atoms with E-state index in [9.17, 15) is 9.90 Å². The standard InChI is InChI=1S/C25H35ClO5/c1-13-8-11-29-17(13)7-9-23(5)22-21(27)19-14(2)12-18-20(19)16(4)25(22,28)24(30-18,31-23)10-6-15(3)26/h8,11,14-16,18-20,22,28H,6-7,9-10,12H2,1-5H3/t14-,15?,16+,18-,19+,20-,22-,23-,24+,25+/m0/s1. The first-order chi connectivity index (χ1) is 14.5. The minimum atomic E-state index is -1.34. The maximum Gasteiger partial charge on any atom is 0.199 e. The first-order valence-electron chi connectivity index (χ1n) is 11.9. The van der Waals surface area contributed by atoms with Gasteiger partial charge in [-0.1, -0.05) is 13.8 Å². The van der Waals surface area contributed by atoms with Gasteiger partial charge in [-0.15, -0.1) is 11.6 Å². The molecule has 6 heteroatoms. The molecule has 172 valence electrons. The van der Waals surface area contributed by atoms with Gasteiger partial charge in [0.05, 0.1) is 23.9 Å². The van der Waals surface area contributed by atoms with Crippen LogP contribution in [0.4, 0.5) is 0 Å². The van der Waals surface area contributed by atoms with Gasteiger partial charge in [-0.05, 0) is 63.5 Å². The molecule has 1 aromatic rings. The predicted molar refractivity (Wildman–Crippen MR) is 117 cm³/mol. The van der Waals surface area contributed by atoms with Crippen LogP contribution in [0, 0.1) is 36.5 Å². The Morgan fingerprint density at radius 2 is 2.06 bits per heavy atom. The number of Topliss-reactive ketones (excluding diaryl/α,β-unsaturated/α-hetero) is 1. The second kappa shape index (κ2) is 7.06. The molecule has 0 amide bonds. The van der Waals surface area contributed by atoms with Crippen LogP contribution in [-0.2, 0) is 20.7 Å². The lowest BCUT2D eigenvalue weighted by Crippen LogP contribution is -2.72. The molecule has 4 fully saturated rings. The fourth-order valence-electron chi connectivity index (χ4n) is 7.61. The highest BCUT2D eigenvalue weighted by molar-refractivity contribution is 6.20.